The molecule has 0 atom stereocenters. The summed E-state index contributed by atoms with van der Waals surface area (Å²) < 4.78 is 0. The Bertz CT molecular complexity index is 42.8. The molecule has 0 saturated carbocycles. The molecule has 0 radical (unpaired) electrons. The first-order valence-electron chi connectivity index (χ1n) is 1.85. The predicted molar refractivity (Wildman–Crippen MR) is 25.0 cm³/mol. The van der Waals surface area contributed by atoms with Gasteiger partial charge in [0.1, 0.15) is 6.26 Å². The Morgan fingerprint density at radius 2 is 2.33 bits per heavy atom. The zero-order valence-electron chi connectivity index (χ0n) is 4.06. The Balaban J connectivity index is 2.66. The summed E-state index contributed by atoms with van der Waals surface area (Å²) in [5, 5.41) is 0. The third-order valence-corrected chi connectivity index (χ3v) is 0.322. The highest BCUT2D eigenvalue weighted by molar-refractivity contribution is 4.63. The van der Waals surface area contributed by atoms with Crippen molar-refractivity contribution in [2.24, 2.45) is 0 Å². The van der Waals surface area contributed by atoms with Crippen LogP contribution in [0.2, 0.25) is 0 Å². The molecule has 0 heterocycles. The lowest BCUT2D eigenvalue weighted by Crippen LogP contribution is -1.99. The van der Waals surface area contributed by atoms with Gasteiger partial charge in [-0.25, -0.2) is 0 Å². The van der Waals surface area contributed by atoms with Crippen LogP contribution in [-0.4, -0.2) is 7.05 Å². The third kappa shape index (κ3) is 3.50. The van der Waals surface area contributed by atoms with Crippen LogP contribution in [-0.2, 0) is 4.84 Å². The molecule has 0 bridgehead atoms. The molecule has 0 fully saturated rings. The molecule has 0 aliphatic heterocycles. The van der Waals surface area contributed by atoms with Crippen molar-refractivity contribution in [1.82, 2.24) is 5.48 Å². The van der Waals surface area contributed by atoms with Gasteiger partial charge in [-0.05, 0) is 6.92 Å². The van der Waals surface area contributed by atoms with Gasteiger partial charge >= 0.3 is 0 Å². The minimum absolute atomic E-state index is 1.57. The summed E-state index contributed by atoms with van der Waals surface area (Å²) in [6, 6.07) is 0. The van der Waals surface area contributed by atoms with Crippen LogP contribution in [0.25, 0.3) is 0 Å². The zero-order valence-corrected chi connectivity index (χ0v) is 4.06. The van der Waals surface area contributed by atoms with E-state index in [1.165, 1.54) is 0 Å². The second-order valence-corrected chi connectivity index (χ2v) is 0.791. The Labute approximate surface area is 37.8 Å². The highest BCUT2D eigenvalue weighted by Crippen LogP contribution is 1.64. The van der Waals surface area contributed by atoms with Gasteiger partial charge in [0, 0.05) is 7.05 Å². The van der Waals surface area contributed by atoms with Crippen molar-refractivity contribution in [2.75, 3.05) is 7.05 Å². The Morgan fingerprint density at radius 1 is 1.67 bits per heavy atom. The lowest BCUT2D eigenvalue weighted by Gasteiger charge is -1.88. The standard InChI is InChI=1S/C4H9NO/c1-3-4-6-5-2/h3-5H,1-2H3/b4-3-. The molecule has 0 saturated heterocycles. The van der Waals surface area contributed by atoms with Crippen molar-refractivity contribution in [1.29, 1.82) is 0 Å². The highest BCUT2D eigenvalue weighted by atomic mass is 16.6. The van der Waals surface area contributed by atoms with Gasteiger partial charge in [-0.15, -0.1) is 0 Å². The fraction of sp³-hybridized carbons (Fsp3) is 0.500. The van der Waals surface area contributed by atoms with E-state index in [0.717, 1.165) is 0 Å². The average Bonchev–Trinajstić information content (AvgIpc) is 1.61. The molecule has 0 aromatic rings. The van der Waals surface area contributed by atoms with Gasteiger partial charge in [0.25, 0.3) is 0 Å². The van der Waals surface area contributed by atoms with E-state index in [2.05, 4.69) is 10.3 Å². The lowest BCUT2D eigenvalue weighted by molar-refractivity contribution is 0.158. The maximum absolute atomic E-state index is 4.55. The number of nitrogens with one attached hydrogen (secondary N) is 1. The lowest BCUT2D eigenvalue weighted by atomic mass is 10.7. The van der Waals surface area contributed by atoms with Crippen LogP contribution in [0.1, 0.15) is 6.92 Å². The first-order chi connectivity index (χ1) is 2.91. The number of rotatable bonds is 2. The fourth-order valence-electron chi connectivity index (χ4n) is 0.136. The van der Waals surface area contributed by atoms with E-state index in [9.17, 15) is 0 Å². The van der Waals surface area contributed by atoms with Gasteiger partial charge in [0.05, 0.1) is 0 Å². The molecule has 0 spiro atoms. The Hall–Kier alpha value is -0.500. The number of hydroxylamine groups is 1. The van der Waals surface area contributed by atoms with Crippen LogP contribution in [0.5, 0.6) is 0 Å². The van der Waals surface area contributed by atoms with E-state index in [4.69, 9.17) is 0 Å². The highest BCUT2D eigenvalue weighted by Gasteiger charge is 1.57. The molecule has 6 heavy (non-hydrogen) atoms. The SMILES string of the molecule is C/C=C\ONC. The summed E-state index contributed by atoms with van der Waals surface area (Å²) in [6.45, 7) is 1.89. The average molecular weight is 87.1 g/mol. The van der Waals surface area contributed by atoms with E-state index in [1.54, 1.807) is 19.4 Å². The monoisotopic (exact) mass is 87.1 g/mol. The molecule has 0 unspecified atom stereocenters. The number of hydrogen-bond donors (Lipinski definition) is 1. The molecular weight excluding hydrogens is 78.0 g/mol. The maximum atomic E-state index is 4.55. The maximum Gasteiger partial charge on any atom is 0.107 e. The predicted octanol–water partition coefficient (Wildman–Crippen LogP) is 0.671. The quantitative estimate of drug-likeness (QED) is 0.395. The van der Waals surface area contributed by atoms with Crippen LogP contribution in [0.3, 0.4) is 0 Å². The minimum atomic E-state index is 1.57. The molecule has 0 aromatic carbocycles. The Kier molecular flexibility index (Phi) is 4.12. The van der Waals surface area contributed by atoms with E-state index in [-0.39, 0.29) is 0 Å². The van der Waals surface area contributed by atoms with Crippen molar-refractivity contribution < 1.29 is 4.84 Å². The largest absolute Gasteiger partial charge is 0.417 e. The second-order valence-electron chi connectivity index (χ2n) is 0.791. The van der Waals surface area contributed by atoms with Crippen molar-refractivity contribution in [3.63, 3.8) is 0 Å². The number of hydrogen-bond acceptors (Lipinski definition) is 2. The molecular formula is C4H9NO. The van der Waals surface area contributed by atoms with E-state index >= 15 is 0 Å². The summed E-state index contributed by atoms with van der Waals surface area (Å²) >= 11 is 0. The molecule has 2 heteroatoms. The van der Waals surface area contributed by atoms with Gasteiger partial charge in [-0.1, -0.05) is 6.08 Å². The van der Waals surface area contributed by atoms with E-state index < -0.39 is 0 Å². The first-order valence-corrected chi connectivity index (χ1v) is 1.85. The summed E-state index contributed by atoms with van der Waals surface area (Å²) in [4.78, 5) is 4.55. The summed E-state index contributed by atoms with van der Waals surface area (Å²) in [5.41, 5.74) is 2.48. The van der Waals surface area contributed by atoms with Crippen molar-refractivity contribution in [3.8, 4) is 0 Å². The molecule has 0 aliphatic carbocycles. The van der Waals surface area contributed by atoms with Gasteiger partial charge in [-0.2, -0.15) is 5.48 Å². The topological polar surface area (TPSA) is 21.3 Å². The molecule has 2 nitrogen and oxygen atoms in total. The normalized spacial score (nSPS) is 9.67. The van der Waals surface area contributed by atoms with E-state index in [1.807, 2.05) is 6.92 Å². The summed E-state index contributed by atoms with van der Waals surface area (Å²) in [6.07, 6.45) is 3.37. The van der Waals surface area contributed by atoms with Gasteiger partial charge in [0.2, 0.25) is 0 Å². The molecule has 0 rings (SSSR count). The van der Waals surface area contributed by atoms with Gasteiger partial charge in [0.15, 0.2) is 0 Å². The van der Waals surface area contributed by atoms with Crippen LogP contribution >= 0.6 is 0 Å². The van der Waals surface area contributed by atoms with Crippen LogP contribution < -0.4 is 5.48 Å². The molecule has 0 aliphatic rings. The number of allylic oxidation sites excluding steroid dienone is 1. The van der Waals surface area contributed by atoms with Crippen LogP contribution in [0.4, 0.5) is 0 Å². The molecule has 0 amide bonds. The molecule has 36 valence electrons. The van der Waals surface area contributed by atoms with Crippen molar-refractivity contribution in [3.05, 3.63) is 12.3 Å². The zero-order chi connectivity index (χ0) is 4.83. The van der Waals surface area contributed by atoms with Gasteiger partial charge < -0.3 is 4.84 Å². The van der Waals surface area contributed by atoms with Crippen molar-refractivity contribution in [2.45, 2.75) is 6.92 Å². The summed E-state index contributed by atoms with van der Waals surface area (Å²) in [5.74, 6) is 0. The minimum Gasteiger partial charge on any atom is -0.417 e. The third-order valence-electron chi connectivity index (χ3n) is 0.322. The molecule has 0 aromatic heterocycles. The Morgan fingerprint density at radius 3 is 2.50 bits per heavy atom. The summed E-state index contributed by atoms with van der Waals surface area (Å²) in [7, 11) is 1.71. The second kappa shape index (κ2) is 4.50. The van der Waals surface area contributed by atoms with Crippen molar-refractivity contribution >= 4 is 0 Å². The van der Waals surface area contributed by atoms with Gasteiger partial charge in [-0.3, -0.25) is 0 Å². The smallest absolute Gasteiger partial charge is 0.107 e. The van der Waals surface area contributed by atoms with Crippen LogP contribution in [0, 0.1) is 0 Å². The molecule has 1 N–H and O–H groups in total. The van der Waals surface area contributed by atoms with E-state index in [0.29, 0.717) is 0 Å². The fourth-order valence-corrected chi connectivity index (χ4v) is 0.136. The first kappa shape index (κ1) is 5.50. The van der Waals surface area contributed by atoms with Crippen LogP contribution in [0.15, 0.2) is 12.3 Å².